The van der Waals surface area contributed by atoms with Crippen LogP contribution in [-0.2, 0) is 11.3 Å². The van der Waals surface area contributed by atoms with Gasteiger partial charge in [0.1, 0.15) is 5.41 Å². The van der Waals surface area contributed by atoms with E-state index in [4.69, 9.17) is 10.9 Å². The van der Waals surface area contributed by atoms with E-state index in [9.17, 15) is 4.79 Å². The Kier molecular flexibility index (Phi) is 3.69. The molecular formula is C13H18N4O2. The highest BCUT2D eigenvalue weighted by Crippen LogP contribution is 2.41. The molecule has 0 aromatic carbocycles. The number of hydrogen-bond donors (Lipinski definition) is 3. The van der Waals surface area contributed by atoms with Gasteiger partial charge in [-0.15, -0.1) is 0 Å². The predicted molar refractivity (Wildman–Crippen MR) is 70.5 cm³/mol. The fourth-order valence-electron chi connectivity index (χ4n) is 2.26. The van der Waals surface area contributed by atoms with Crippen LogP contribution in [0.1, 0.15) is 30.7 Å². The number of carbonyl (C=O) groups is 1. The maximum Gasteiger partial charge on any atom is 0.234 e. The summed E-state index contributed by atoms with van der Waals surface area (Å²) in [6.07, 6.45) is 2.15. The zero-order valence-corrected chi connectivity index (χ0v) is 10.9. The van der Waals surface area contributed by atoms with Crippen LogP contribution in [0.15, 0.2) is 23.4 Å². The van der Waals surface area contributed by atoms with Crippen LogP contribution in [0.4, 0.5) is 0 Å². The molecule has 0 bridgehead atoms. The van der Waals surface area contributed by atoms with Crippen molar-refractivity contribution in [3.8, 4) is 0 Å². The summed E-state index contributed by atoms with van der Waals surface area (Å²) < 4.78 is 0. The lowest BCUT2D eigenvalue weighted by Gasteiger charge is -2.38. The Morgan fingerprint density at radius 1 is 1.58 bits per heavy atom. The predicted octanol–water partition coefficient (Wildman–Crippen LogP) is 0.923. The van der Waals surface area contributed by atoms with E-state index in [1.54, 1.807) is 0 Å². The van der Waals surface area contributed by atoms with Gasteiger partial charge in [-0.1, -0.05) is 17.6 Å². The molecule has 1 amide bonds. The highest BCUT2D eigenvalue weighted by atomic mass is 16.4. The number of nitrogens with two attached hydrogens (primary N) is 1. The van der Waals surface area contributed by atoms with Crippen LogP contribution >= 0.6 is 0 Å². The number of hydrogen-bond acceptors (Lipinski definition) is 4. The third kappa shape index (κ3) is 2.52. The molecule has 1 aromatic heterocycles. The molecule has 102 valence electrons. The average Bonchev–Trinajstić information content (AvgIpc) is 2.35. The van der Waals surface area contributed by atoms with E-state index >= 15 is 0 Å². The topological polar surface area (TPSA) is 101 Å². The number of amides is 1. The van der Waals surface area contributed by atoms with Crippen molar-refractivity contribution in [2.45, 2.75) is 32.7 Å². The minimum absolute atomic E-state index is 0.00606. The monoisotopic (exact) mass is 262 g/mol. The fourth-order valence-corrected chi connectivity index (χ4v) is 2.26. The van der Waals surface area contributed by atoms with Crippen LogP contribution in [0, 0.1) is 12.3 Å². The van der Waals surface area contributed by atoms with Crippen molar-refractivity contribution in [3.05, 3.63) is 29.6 Å². The number of pyridine rings is 1. The van der Waals surface area contributed by atoms with Gasteiger partial charge in [0.15, 0.2) is 5.84 Å². The first-order valence-corrected chi connectivity index (χ1v) is 6.27. The van der Waals surface area contributed by atoms with Crippen LogP contribution in [0.3, 0.4) is 0 Å². The average molecular weight is 262 g/mol. The second-order valence-corrected chi connectivity index (χ2v) is 4.87. The lowest BCUT2D eigenvalue weighted by atomic mass is 9.67. The van der Waals surface area contributed by atoms with Gasteiger partial charge in [-0.05, 0) is 31.9 Å². The van der Waals surface area contributed by atoms with E-state index in [1.165, 1.54) is 0 Å². The Balaban J connectivity index is 2.01. The zero-order valence-electron chi connectivity index (χ0n) is 10.9. The lowest BCUT2D eigenvalue weighted by Crippen LogP contribution is -2.53. The molecule has 0 spiro atoms. The molecule has 1 fully saturated rings. The van der Waals surface area contributed by atoms with E-state index in [0.29, 0.717) is 19.4 Å². The normalized spacial score (nSPS) is 17.6. The largest absolute Gasteiger partial charge is 0.409 e. The number of aromatic nitrogens is 1. The van der Waals surface area contributed by atoms with Crippen LogP contribution in [-0.4, -0.2) is 21.9 Å². The molecule has 1 aliphatic rings. The Hall–Kier alpha value is -2.11. The minimum atomic E-state index is -0.835. The Bertz CT molecular complexity index is 509. The SMILES string of the molecule is Cc1cccc(CNC(=O)C2(/C(N)=N/O)CCC2)n1. The Morgan fingerprint density at radius 2 is 2.32 bits per heavy atom. The maximum atomic E-state index is 12.2. The van der Waals surface area contributed by atoms with Gasteiger partial charge in [-0.3, -0.25) is 9.78 Å². The van der Waals surface area contributed by atoms with E-state index in [2.05, 4.69) is 15.5 Å². The first-order chi connectivity index (χ1) is 9.08. The summed E-state index contributed by atoms with van der Waals surface area (Å²) in [6.45, 7) is 2.25. The van der Waals surface area contributed by atoms with Crippen LogP contribution in [0.2, 0.25) is 0 Å². The Labute approximate surface area is 111 Å². The molecule has 0 saturated heterocycles. The number of rotatable bonds is 4. The summed E-state index contributed by atoms with van der Waals surface area (Å²) in [4.78, 5) is 16.5. The van der Waals surface area contributed by atoms with Crippen LogP contribution in [0.25, 0.3) is 0 Å². The molecule has 6 heteroatoms. The molecule has 2 rings (SSSR count). The summed E-state index contributed by atoms with van der Waals surface area (Å²) in [5, 5.41) is 14.6. The summed E-state index contributed by atoms with van der Waals surface area (Å²) in [6, 6.07) is 5.64. The van der Waals surface area contributed by atoms with E-state index in [-0.39, 0.29) is 11.7 Å². The second kappa shape index (κ2) is 5.26. The molecule has 0 radical (unpaired) electrons. The molecular weight excluding hydrogens is 244 g/mol. The summed E-state index contributed by atoms with van der Waals surface area (Å²) in [5.74, 6) is -0.203. The number of oxime groups is 1. The van der Waals surface area contributed by atoms with Crippen LogP contribution in [0.5, 0.6) is 0 Å². The van der Waals surface area contributed by atoms with E-state index in [0.717, 1.165) is 17.8 Å². The molecule has 6 nitrogen and oxygen atoms in total. The Morgan fingerprint density at radius 3 is 2.84 bits per heavy atom. The highest BCUT2D eigenvalue weighted by molar-refractivity contribution is 6.07. The molecule has 1 aliphatic carbocycles. The number of nitrogens with zero attached hydrogens (tertiary/aromatic N) is 2. The first kappa shape index (κ1) is 13.3. The van der Waals surface area contributed by atoms with Crippen molar-refractivity contribution in [3.63, 3.8) is 0 Å². The van der Waals surface area contributed by atoms with Gasteiger partial charge >= 0.3 is 0 Å². The maximum absolute atomic E-state index is 12.2. The number of carbonyl (C=O) groups excluding carboxylic acids is 1. The third-order valence-corrected chi connectivity index (χ3v) is 3.62. The number of amidine groups is 1. The number of aryl methyl sites for hydroxylation is 1. The van der Waals surface area contributed by atoms with Gasteiger partial charge in [0.05, 0.1) is 12.2 Å². The molecule has 1 heterocycles. The molecule has 4 N–H and O–H groups in total. The van der Waals surface area contributed by atoms with Crippen LogP contribution < -0.4 is 11.1 Å². The zero-order chi connectivity index (χ0) is 13.9. The van der Waals surface area contributed by atoms with Gasteiger partial charge in [0, 0.05) is 5.69 Å². The van der Waals surface area contributed by atoms with Crippen molar-refractivity contribution >= 4 is 11.7 Å². The fraction of sp³-hybridized carbons (Fsp3) is 0.462. The number of nitrogens with one attached hydrogen (secondary N) is 1. The minimum Gasteiger partial charge on any atom is -0.409 e. The smallest absolute Gasteiger partial charge is 0.234 e. The van der Waals surface area contributed by atoms with Crippen molar-refractivity contribution in [1.82, 2.24) is 10.3 Å². The van der Waals surface area contributed by atoms with Gasteiger partial charge in [0.25, 0.3) is 0 Å². The van der Waals surface area contributed by atoms with Crippen molar-refractivity contribution < 1.29 is 10.0 Å². The summed E-state index contributed by atoms with van der Waals surface area (Å²) in [7, 11) is 0. The molecule has 0 atom stereocenters. The second-order valence-electron chi connectivity index (χ2n) is 4.87. The highest BCUT2D eigenvalue weighted by Gasteiger charge is 2.48. The third-order valence-electron chi connectivity index (χ3n) is 3.62. The first-order valence-electron chi connectivity index (χ1n) is 6.27. The lowest BCUT2D eigenvalue weighted by molar-refractivity contribution is -0.131. The molecule has 1 aromatic rings. The van der Waals surface area contributed by atoms with E-state index < -0.39 is 5.41 Å². The summed E-state index contributed by atoms with van der Waals surface area (Å²) in [5.41, 5.74) is 6.49. The van der Waals surface area contributed by atoms with Gasteiger partial charge in [-0.2, -0.15) is 0 Å². The van der Waals surface area contributed by atoms with Gasteiger partial charge in [0.2, 0.25) is 5.91 Å². The van der Waals surface area contributed by atoms with Gasteiger partial charge in [-0.25, -0.2) is 0 Å². The van der Waals surface area contributed by atoms with E-state index in [1.807, 2.05) is 25.1 Å². The van der Waals surface area contributed by atoms with Gasteiger partial charge < -0.3 is 16.3 Å². The molecule has 0 unspecified atom stereocenters. The van der Waals surface area contributed by atoms with Crippen molar-refractivity contribution in [2.24, 2.45) is 16.3 Å². The standard InChI is InChI=1S/C13H18N4O2/c1-9-4-2-5-10(16-9)8-15-12(18)13(6-3-7-13)11(14)17-19/h2,4-5,19H,3,6-8H2,1H3,(H2,14,17)(H,15,18). The van der Waals surface area contributed by atoms with Crippen molar-refractivity contribution in [1.29, 1.82) is 0 Å². The molecule has 1 saturated carbocycles. The quantitative estimate of drug-likeness (QED) is 0.325. The summed E-state index contributed by atoms with van der Waals surface area (Å²) >= 11 is 0. The molecule has 19 heavy (non-hydrogen) atoms. The van der Waals surface area contributed by atoms with Crippen molar-refractivity contribution in [2.75, 3.05) is 0 Å². The molecule has 0 aliphatic heterocycles.